The summed E-state index contributed by atoms with van der Waals surface area (Å²) in [7, 11) is 4.97. The molecule has 4 heteroatoms. The second-order valence-electron chi connectivity index (χ2n) is 4.97. The highest BCUT2D eigenvalue weighted by atomic mass is 16.5. The maximum Gasteiger partial charge on any atom is 0.125 e. The molecule has 0 aliphatic carbocycles. The highest BCUT2D eigenvalue weighted by molar-refractivity contribution is 5.47. The van der Waals surface area contributed by atoms with Crippen LogP contribution in [-0.2, 0) is 18.0 Å². The first kappa shape index (κ1) is 16.2. The topological polar surface area (TPSA) is 36.9 Å². The molecule has 4 nitrogen and oxygen atoms in total. The highest BCUT2D eigenvalue weighted by Crippen LogP contribution is 2.29. The number of hydrogen-bond donors (Lipinski definition) is 0. The minimum absolute atomic E-state index is 0.499. The van der Waals surface area contributed by atoms with Gasteiger partial charge in [0.15, 0.2) is 0 Å². The molecule has 118 valence electrons. The molecule has 0 aromatic heterocycles. The Bertz CT molecular complexity index is 580. The molecule has 0 saturated carbocycles. The molecule has 0 fully saturated rings. The molecule has 0 aliphatic rings. The van der Waals surface area contributed by atoms with Gasteiger partial charge in [-0.25, -0.2) is 0 Å². The van der Waals surface area contributed by atoms with Gasteiger partial charge in [0.25, 0.3) is 0 Å². The molecule has 0 amide bonds. The minimum Gasteiger partial charge on any atom is -0.497 e. The van der Waals surface area contributed by atoms with Crippen LogP contribution in [0.1, 0.15) is 16.7 Å². The van der Waals surface area contributed by atoms with E-state index in [9.17, 15) is 0 Å². The van der Waals surface area contributed by atoms with Gasteiger partial charge in [0.1, 0.15) is 17.2 Å². The Hall–Kier alpha value is -2.20. The molecule has 2 rings (SSSR count). The van der Waals surface area contributed by atoms with E-state index in [4.69, 9.17) is 18.9 Å². The molecule has 0 atom stereocenters. The molecule has 0 spiro atoms. The van der Waals surface area contributed by atoms with Crippen molar-refractivity contribution in [1.29, 1.82) is 0 Å². The average molecular weight is 302 g/mol. The first-order valence-electron chi connectivity index (χ1n) is 7.10. The normalized spacial score (nSPS) is 10.4. The predicted octanol–water partition coefficient (Wildman–Crippen LogP) is 3.74. The van der Waals surface area contributed by atoms with E-state index >= 15 is 0 Å². The summed E-state index contributed by atoms with van der Waals surface area (Å²) < 4.78 is 21.6. The van der Waals surface area contributed by atoms with Gasteiger partial charge in [0.05, 0.1) is 34.5 Å². The summed E-state index contributed by atoms with van der Waals surface area (Å²) in [5.74, 6) is 2.46. The first-order valence-corrected chi connectivity index (χ1v) is 7.10. The van der Waals surface area contributed by atoms with Crippen LogP contribution < -0.4 is 14.2 Å². The molecular weight excluding hydrogens is 280 g/mol. The van der Waals surface area contributed by atoms with Crippen molar-refractivity contribution in [2.24, 2.45) is 0 Å². The van der Waals surface area contributed by atoms with Crippen molar-refractivity contribution >= 4 is 0 Å². The lowest BCUT2D eigenvalue weighted by atomic mass is 10.1. The van der Waals surface area contributed by atoms with Crippen LogP contribution in [0.25, 0.3) is 0 Å². The molecule has 0 saturated heterocycles. The van der Waals surface area contributed by atoms with E-state index in [1.54, 1.807) is 21.3 Å². The number of benzene rings is 2. The van der Waals surface area contributed by atoms with E-state index < -0.39 is 0 Å². The zero-order valence-electron chi connectivity index (χ0n) is 13.5. The second kappa shape index (κ2) is 7.71. The lowest BCUT2D eigenvalue weighted by Crippen LogP contribution is -1.98. The van der Waals surface area contributed by atoms with Crippen LogP contribution in [0.4, 0.5) is 0 Å². The Morgan fingerprint density at radius 3 is 1.77 bits per heavy atom. The van der Waals surface area contributed by atoms with Crippen molar-refractivity contribution in [1.82, 2.24) is 0 Å². The van der Waals surface area contributed by atoms with Crippen molar-refractivity contribution < 1.29 is 18.9 Å². The van der Waals surface area contributed by atoms with Crippen LogP contribution in [0.3, 0.4) is 0 Å². The van der Waals surface area contributed by atoms with Crippen molar-refractivity contribution in [2.75, 3.05) is 21.3 Å². The van der Waals surface area contributed by atoms with Gasteiger partial charge in [0.2, 0.25) is 0 Å². The van der Waals surface area contributed by atoms with Crippen LogP contribution >= 0.6 is 0 Å². The second-order valence-corrected chi connectivity index (χ2v) is 4.97. The maximum absolute atomic E-state index is 5.77. The van der Waals surface area contributed by atoms with E-state index in [2.05, 4.69) is 0 Å². The summed E-state index contributed by atoms with van der Waals surface area (Å²) in [6.07, 6.45) is 0. The third kappa shape index (κ3) is 3.92. The summed E-state index contributed by atoms with van der Waals surface area (Å²) in [6.45, 7) is 3.02. The van der Waals surface area contributed by atoms with Crippen LogP contribution in [0, 0.1) is 6.92 Å². The maximum atomic E-state index is 5.77. The summed E-state index contributed by atoms with van der Waals surface area (Å²) in [4.78, 5) is 0. The van der Waals surface area contributed by atoms with Crippen molar-refractivity contribution in [3.8, 4) is 17.2 Å². The fourth-order valence-corrected chi connectivity index (χ4v) is 2.23. The van der Waals surface area contributed by atoms with Crippen molar-refractivity contribution in [3.05, 3.63) is 53.1 Å². The Morgan fingerprint density at radius 1 is 0.727 bits per heavy atom. The Morgan fingerprint density at radius 2 is 1.27 bits per heavy atom. The molecule has 0 bridgehead atoms. The third-order valence-corrected chi connectivity index (χ3v) is 3.51. The number of hydrogen-bond acceptors (Lipinski definition) is 4. The number of rotatable bonds is 7. The summed E-state index contributed by atoms with van der Waals surface area (Å²) in [6, 6.07) is 11.8. The molecule has 2 aromatic rings. The van der Waals surface area contributed by atoms with E-state index in [1.807, 2.05) is 43.3 Å². The predicted molar refractivity (Wildman–Crippen MR) is 85.8 cm³/mol. The van der Waals surface area contributed by atoms with Gasteiger partial charge in [-0.15, -0.1) is 0 Å². The van der Waals surface area contributed by atoms with E-state index in [1.165, 1.54) is 0 Å². The monoisotopic (exact) mass is 302 g/mol. The van der Waals surface area contributed by atoms with Crippen molar-refractivity contribution in [3.63, 3.8) is 0 Å². The molecule has 2 aromatic carbocycles. The zero-order chi connectivity index (χ0) is 15.9. The van der Waals surface area contributed by atoms with Crippen LogP contribution in [0.2, 0.25) is 0 Å². The van der Waals surface area contributed by atoms with E-state index in [0.29, 0.717) is 13.2 Å². The Balaban J connectivity index is 1.98. The van der Waals surface area contributed by atoms with Gasteiger partial charge in [-0.2, -0.15) is 0 Å². The molecule has 0 N–H and O–H groups in total. The molecule has 0 heterocycles. The molecule has 0 radical (unpaired) electrons. The molecule has 22 heavy (non-hydrogen) atoms. The highest BCUT2D eigenvalue weighted by Gasteiger charge is 2.08. The summed E-state index contributed by atoms with van der Waals surface area (Å²) >= 11 is 0. The van der Waals surface area contributed by atoms with Crippen molar-refractivity contribution in [2.45, 2.75) is 20.1 Å². The molecular formula is C18H22O4. The zero-order valence-corrected chi connectivity index (χ0v) is 13.5. The first-order chi connectivity index (χ1) is 10.7. The van der Waals surface area contributed by atoms with Crippen LogP contribution in [0.15, 0.2) is 36.4 Å². The average Bonchev–Trinajstić information content (AvgIpc) is 2.56. The minimum atomic E-state index is 0.499. The quantitative estimate of drug-likeness (QED) is 0.781. The fourth-order valence-electron chi connectivity index (χ4n) is 2.23. The van der Waals surface area contributed by atoms with Gasteiger partial charge < -0.3 is 18.9 Å². The SMILES string of the molecule is COc1ccc(COCc2cc(OC)c(C)c(OC)c2)cc1. The van der Waals surface area contributed by atoms with E-state index in [0.717, 1.165) is 33.9 Å². The summed E-state index contributed by atoms with van der Waals surface area (Å²) in [5, 5.41) is 0. The largest absolute Gasteiger partial charge is 0.497 e. The fraction of sp³-hybridized carbons (Fsp3) is 0.333. The Labute approximate surface area is 131 Å². The van der Waals surface area contributed by atoms with Gasteiger partial charge in [-0.05, 0) is 42.3 Å². The number of methoxy groups -OCH3 is 3. The van der Waals surface area contributed by atoms with Gasteiger partial charge in [0, 0.05) is 5.56 Å². The van der Waals surface area contributed by atoms with E-state index in [-0.39, 0.29) is 0 Å². The Kier molecular flexibility index (Phi) is 5.67. The lowest BCUT2D eigenvalue weighted by Gasteiger charge is -2.13. The standard InChI is InChI=1S/C18H22O4/c1-13-17(20-3)9-15(10-18(13)21-4)12-22-11-14-5-7-16(19-2)8-6-14/h5-10H,11-12H2,1-4H3. The van der Waals surface area contributed by atoms with Gasteiger partial charge in [-0.1, -0.05) is 12.1 Å². The molecule has 0 aliphatic heterocycles. The van der Waals surface area contributed by atoms with Crippen LogP contribution in [-0.4, -0.2) is 21.3 Å². The van der Waals surface area contributed by atoms with Gasteiger partial charge in [-0.3, -0.25) is 0 Å². The smallest absolute Gasteiger partial charge is 0.125 e. The summed E-state index contributed by atoms with van der Waals surface area (Å²) in [5.41, 5.74) is 3.11. The molecule has 0 unspecified atom stereocenters. The lowest BCUT2D eigenvalue weighted by molar-refractivity contribution is 0.107. The third-order valence-electron chi connectivity index (χ3n) is 3.51. The number of ether oxygens (including phenoxy) is 4. The van der Waals surface area contributed by atoms with Crippen LogP contribution in [0.5, 0.6) is 17.2 Å². The van der Waals surface area contributed by atoms with Gasteiger partial charge >= 0.3 is 0 Å².